The van der Waals surface area contributed by atoms with Crippen molar-refractivity contribution in [1.82, 2.24) is 24.8 Å². The summed E-state index contributed by atoms with van der Waals surface area (Å²) in [7, 11) is 1.62. The molecule has 0 amide bonds. The van der Waals surface area contributed by atoms with Crippen LogP contribution in [0.5, 0.6) is 5.75 Å². The number of nitrogens with zero attached hydrogens (tertiary/aromatic N) is 5. The van der Waals surface area contributed by atoms with E-state index < -0.39 is 6.10 Å². The van der Waals surface area contributed by atoms with Gasteiger partial charge in [-0.25, -0.2) is 0 Å². The third-order valence-corrected chi connectivity index (χ3v) is 6.30. The molecule has 156 valence electrons. The van der Waals surface area contributed by atoms with Crippen LogP contribution < -0.4 is 4.74 Å². The number of benzene rings is 3. The van der Waals surface area contributed by atoms with Crippen molar-refractivity contribution in [2.75, 3.05) is 12.9 Å². The molecule has 2 heterocycles. The Balaban J connectivity index is 1.37. The van der Waals surface area contributed by atoms with Gasteiger partial charge in [0.2, 0.25) is 5.16 Å². The summed E-state index contributed by atoms with van der Waals surface area (Å²) in [5.41, 5.74) is 2.99. The highest BCUT2D eigenvalue weighted by Crippen LogP contribution is 2.30. The summed E-state index contributed by atoms with van der Waals surface area (Å²) in [6, 6.07) is 24.1. The van der Waals surface area contributed by atoms with E-state index in [1.807, 2.05) is 48.5 Å². The molecule has 31 heavy (non-hydrogen) atoms. The fourth-order valence-corrected chi connectivity index (χ4v) is 4.66. The first kappa shape index (κ1) is 19.6. The minimum absolute atomic E-state index is 0.455. The third kappa shape index (κ3) is 3.64. The van der Waals surface area contributed by atoms with E-state index in [1.54, 1.807) is 11.8 Å². The lowest BCUT2D eigenvalue weighted by Crippen LogP contribution is -2.18. The van der Waals surface area contributed by atoms with Crippen molar-refractivity contribution in [3.05, 3.63) is 72.8 Å². The molecule has 7 nitrogen and oxygen atoms in total. The van der Waals surface area contributed by atoms with E-state index >= 15 is 0 Å². The number of para-hydroxylation sites is 4. The maximum atomic E-state index is 10.9. The second-order valence-electron chi connectivity index (χ2n) is 7.15. The maximum Gasteiger partial charge on any atom is 0.214 e. The average Bonchev–Trinajstić information content (AvgIpc) is 3.41. The third-order valence-electron chi connectivity index (χ3n) is 5.23. The summed E-state index contributed by atoms with van der Waals surface area (Å²) in [6.45, 7) is 0.483. The number of aliphatic hydroxyl groups is 1. The number of fused-ring (bicyclic) bond motifs is 3. The van der Waals surface area contributed by atoms with Gasteiger partial charge in [-0.1, -0.05) is 60.3 Å². The minimum atomic E-state index is -0.577. The van der Waals surface area contributed by atoms with Gasteiger partial charge >= 0.3 is 0 Å². The molecule has 1 N–H and O–H groups in total. The largest absolute Gasteiger partial charge is 0.494 e. The standard InChI is InChI=1S/C23H21N5O2S/c1-30-22-13-7-6-12-21(22)28-23(24-25-26-28)31-15-16(29)14-27-19-10-4-2-8-17(19)18-9-3-5-11-20(18)27/h2-13,16,29H,14-15H2,1H3/t16-/m1/s1. The van der Waals surface area contributed by atoms with E-state index in [2.05, 4.69) is 44.4 Å². The summed E-state index contributed by atoms with van der Waals surface area (Å²) in [5.74, 6) is 1.14. The normalized spacial score (nSPS) is 12.5. The van der Waals surface area contributed by atoms with Gasteiger partial charge < -0.3 is 14.4 Å². The van der Waals surface area contributed by atoms with Gasteiger partial charge in [0.05, 0.1) is 19.8 Å². The smallest absolute Gasteiger partial charge is 0.214 e. The molecule has 0 saturated heterocycles. The zero-order chi connectivity index (χ0) is 21.2. The molecule has 0 fully saturated rings. The quantitative estimate of drug-likeness (QED) is 0.394. The van der Waals surface area contributed by atoms with Crippen LogP contribution in [0.4, 0.5) is 0 Å². The Labute approximate surface area is 183 Å². The van der Waals surface area contributed by atoms with E-state index in [0.717, 1.165) is 16.7 Å². The Hall–Kier alpha value is -3.36. The van der Waals surface area contributed by atoms with Gasteiger partial charge in [0, 0.05) is 27.6 Å². The molecule has 0 bridgehead atoms. The summed E-state index contributed by atoms with van der Waals surface area (Å²) >= 11 is 1.42. The van der Waals surface area contributed by atoms with E-state index in [-0.39, 0.29) is 0 Å². The molecule has 0 radical (unpaired) electrons. The Morgan fingerprint density at radius 2 is 1.58 bits per heavy atom. The molecule has 3 aromatic carbocycles. The Bertz CT molecular complexity index is 1290. The number of methoxy groups -OCH3 is 1. The topological polar surface area (TPSA) is 78.0 Å². The summed E-state index contributed by atoms with van der Waals surface area (Å²) in [4.78, 5) is 0. The molecule has 0 aliphatic heterocycles. The number of hydrogen-bond donors (Lipinski definition) is 1. The van der Waals surface area contributed by atoms with Crippen molar-refractivity contribution in [3.63, 3.8) is 0 Å². The molecule has 0 saturated carbocycles. The van der Waals surface area contributed by atoms with Gasteiger partial charge in [-0.15, -0.1) is 5.10 Å². The van der Waals surface area contributed by atoms with Crippen molar-refractivity contribution in [1.29, 1.82) is 0 Å². The number of thioether (sulfide) groups is 1. The second kappa shape index (κ2) is 8.41. The molecule has 0 aliphatic carbocycles. The number of hydrogen-bond acceptors (Lipinski definition) is 6. The van der Waals surface area contributed by atoms with Crippen molar-refractivity contribution in [2.24, 2.45) is 0 Å². The molecule has 0 unspecified atom stereocenters. The highest BCUT2D eigenvalue weighted by Gasteiger charge is 2.17. The van der Waals surface area contributed by atoms with Crippen LogP contribution in [0.15, 0.2) is 78.0 Å². The fraction of sp³-hybridized carbons (Fsp3) is 0.174. The molecule has 5 rings (SSSR count). The minimum Gasteiger partial charge on any atom is -0.494 e. The predicted molar refractivity (Wildman–Crippen MR) is 122 cm³/mol. The zero-order valence-corrected chi connectivity index (χ0v) is 17.7. The van der Waals surface area contributed by atoms with Crippen LogP contribution in [0.25, 0.3) is 27.5 Å². The first-order chi connectivity index (χ1) is 15.3. The fourth-order valence-electron chi connectivity index (χ4n) is 3.86. The summed E-state index contributed by atoms with van der Waals surface area (Å²) in [5, 5.41) is 25.9. The first-order valence-corrected chi connectivity index (χ1v) is 10.9. The zero-order valence-electron chi connectivity index (χ0n) is 16.9. The van der Waals surface area contributed by atoms with Crippen LogP contribution in [-0.2, 0) is 6.54 Å². The average molecular weight is 432 g/mol. The SMILES string of the molecule is COc1ccccc1-n1nnnc1SC[C@H](O)Cn1c2ccccc2c2ccccc21. The van der Waals surface area contributed by atoms with Crippen LogP contribution in [0, 0.1) is 0 Å². The Kier molecular flexibility index (Phi) is 5.31. The van der Waals surface area contributed by atoms with E-state index in [4.69, 9.17) is 4.74 Å². The Morgan fingerprint density at radius 3 is 2.29 bits per heavy atom. The molecule has 5 aromatic rings. The van der Waals surface area contributed by atoms with Crippen LogP contribution in [-0.4, -0.2) is 48.8 Å². The molecular formula is C23H21N5O2S. The van der Waals surface area contributed by atoms with E-state index in [1.165, 1.54) is 22.5 Å². The molecule has 0 spiro atoms. The highest BCUT2D eigenvalue weighted by atomic mass is 32.2. The van der Waals surface area contributed by atoms with E-state index in [9.17, 15) is 5.11 Å². The first-order valence-electron chi connectivity index (χ1n) is 9.95. The maximum absolute atomic E-state index is 10.9. The van der Waals surface area contributed by atoms with Crippen LogP contribution in [0.3, 0.4) is 0 Å². The lowest BCUT2D eigenvalue weighted by molar-refractivity contribution is 0.181. The van der Waals surface area contributed by atoms with Crippen molar-refractivity contribution in [2.45, 2.75) is 17.8 Å². The van der Waals surface area contributed by atoms with Crippen molar-refractivity contribution < 1.29 is 9.84 Å². The van der Waals surface area contributed by atoms with Crippen LogP contribution in [0.2, 0.25) is 0 Å². The van der Waals surface area contributed by atoms with Gasteiger partial charge in [0.1, 0.15) is 11.4 Å². The molecule has 1 atom stereocenters. The van der Waals surface area contributed by atoms with Gasteiger partial charge in [-0.3, -0.25) is 0 Å². The number of ether oxygens (including phenoxy) is 1. The second-order valence-corrected chi connectivity index (χ2v) is 8.14. The number of tetrazole rings is 1. The molecular weight excluding hydrogens is 410 g/mol. The lowest BCUT2D eigenvalue weighted by atomic mass is 10.2. The predicted octanol–water partition coefficient (Wildman–Crippen LogP) is 3.93. The number of aromatic nitrogens is 5. The summed E-state index contributed by atoms with van der Waals surface area (Å²) in [6.07, 6.45) is -0.577. The summed E-state index contributed by atoms with van der Waals surface area (Å²) < 4.78 is 9.24. The molecule has 2 aromatic heterocycles. The van der Waals surface area contributed by atoms with E-state index in [0.29, 0.717) is 23.2 Å². The monoisotopic (exact) mass is 431 g/mol. The number of rotatable bonds is 7. The van der Waals surface area contributed by atoms with Gasteiger partial charge in [0.15, 0.2) is 0 Å². The van der Waals surface area contributed by atoms with Crippen molar-refractivity contribution in [3.8, 4) is 11.4 Å². The van der Waals surface area contributed by atoms with Crippen molar-refractivity contribution >= 4 is 33.6 Å². The van der Waals surface area contributed by atoms with Gasteiger partial charge in [-0.05, 0) is 34.7 Å². The van der Waals surface area contributed by atoms with Gasteiger partial charge in [-0.2, -0.15) is 4.68 Å². The number of aliphatic hydroxyl groups excluding tert-OH is 1. The highest BCUT2D eigenvalue weighted by molar-refractivity contribution is 7.99. The van der Waals surface area contributed by atoms with Crippen LogP contribution in [0.1, 0.15) is 0 Å². The molecule has 0 aliphatic rings. The molecule has 8 heteroatoms. The van der Waals surface area contributed by atoms with Gasteiger partial charge in [0.25, 0.3) is 0 Å². The Morgan fingerprint density at radius 1 is 0.935 bits per heavy atom. The lowest BCUT2D eigenvalue weighted by Gasteiger charge is -2.14. The van der Waals surface area contributed by atoms with Crippen LogP contribution >= 0.6 is 11.8 Å².